The molecule has 7 heteroatoms. The predicted molar refractivity (Wildman–Crippen MR) is 52.9 cm³/mol. The largest absolute Gasteiger partial charge is 0.481 e. The van der Waals surface area contributed by atoms with Crippen molar-refractivity contribution in [2.75, 3.05) is 0 Å². The van der Waals surface area contributed by atoms with Gasteiger partial charge in [0.1, 0.15) is 0 Å². The Morgan fingerprint density at radius 1 is 1.56 bits per heavy atom. The van der Waals surface area contributed by atoms with Crippen molar-refractivity contribution in [2.24, 2.45) is 0 Å². The molecule has 0 unspecified atom stereocenters. The standard InChI is InChI=1S/C9H8ClF2NO3/c10-3-4-1-5(2-6(14)15)13-9(16)7(4)8(11)12/h1,8H,2-3H2,(H,13,16)(H,14,15). The molecule has 1 heterocycles. The molecule has 0 saturated carbocycles. The molecule has 0 bridgehead atoms. The summed E-state index contributed by atoms with van der Waals surface area (Å²) in [6.45, 7) is 0. The number of carbonyl (C=O) groups is 1. The van der Waals surface area contributed by atoms with E-state index in [4.69, 9.17) is 16.7 Å². The SMILES string of the molecule is O=C(O)Cc1cc(CCl)c(C(F)F)c(=O)[nH]1. The fourth-order valence-corrected chi connectivity index (χ4v) is 1.51. The van der Waals surface area contributed by atoms with Gasteiger partial charge in [-0.25, -0.2) is 8.78 Å². The molecule has 88 valence electrons. The number of H-pyrrole nitrogens is 1. The average molecular weight is 252 g/mol. The van der Waals surface area contributed by atoms with Gasteiger partial charge in [0, 0.05) is 11.6 Å². The molecular formula is C9H8ClF2NO3. The molecule has 0 atom stereocenters. The van der Waals surface area contributed by atoms with Crippen molar-refractivity contribution in [1.82, 2.24) is 4.98 Å². The number of aromatic nitrogens is 1. The number of carboxylic acids is 1. The van der Waals surface area contributed by atoms with Crippen LogP contribution >= 0.6 is 11.6 Å². The summed E-state index contributed by atoms with van der Waals surface area (Å²) in [5, 5.41) is 8.50. The van der Waals surface area contributed by atoms with Crippen molar-refractivity contribution in [3.05, 3.63) is 33.2 Å². The van der Waals surface area contributed by atoms with Crippen molar-refractivity contribution in [3.63, 3.8) is 0 Å². The average Bonchev–Trinajstić information content (AvgIpc) is 2.14. The second-order valence-corrected chi connectivity index (χ2v) is 3.33. The third-order valence-corrected chi connectivity index (χ3v) is 2.20. The van der Waals surface area contributed by atoms with Gasteiger partial charge in [-0.05, 0) is 11.6 Å². The number of nitrogens with one attached hydrogen (secondary N) is 1. The van der Waals surface area contributed by atoms with E-state index in [9.17, 15) is 18.4 Å². The van der Waals surface area contributed by atoms with E-state index in [2.05, 4.69) is 4.98 Å². The number of pyridine rings is 1. The summed E-state index contributed by atoms with van der Waals surface area (Å²) in [7, 11) is 0. The first-order valence-electron chi connectivity index (χ1n) is 4.26. The summed E-state index contributed by atoms with van der Waals surface area (Å²) in [5.41, 5.74) is -1.69. The number of rotatable bonds is 4. The number of halogens is 3. The predicted octanol–water partition coefficient (Wildman–Crippen LogP) is 1.68. The van der Waals surface area contributed by atoms with Crippen LogP contribution in [0.1, 0.15) is 23.2 Å². The molecule has 0 aromatic carbocycles. The van der Waals surface area contributed by atoms with Crippen LogP contribution in [0.5, 0.6) is 0 Å². The highest BCUT2D eigenvalue weighted by molar-refractivity contribution is 6.17. The zero-order chi connectivity index (χ0) is 12.3. The molecule has 2 N–H and O–H groups in total. The van der Waals surface area contributed by atoms with Gasteiger partial charge in [0.15, 0.2) is 0 Å². The lowest BCUT2D eigenvalue weighted by atomic mass is 10.1. The molecule has 0 aliphatic heterocycles. The van der Waals surface area contributed by atoms with Crippen LogP contribution in [0.15, 0.2) is 10.9 Å². The number of hydrogen-bond donors (Lipinski definition) is 2. The van der Waals surface area contributed by atoms with Crippen LogP contribution < -0.4 is 5.56 Å². The molecule has 0 saturated heterocycles. The Labute approximate surface area is 93.9 Å². The van der Waals surface area contributed by atoms with E-state index in [0.717, 1.165) is 0 Å². The molecule has 0 amide bonds. The van der Waals surface area contributed by atoms with Crippen molar-refractivity contribution >= 4 is 17.6 Å². The van der Waals surface area contributed by atoms with Gasteiger partial charge in [-0.1, -0.05) is 0 Å². The first-order chi connectivity index (χ1) is 7.45. The maximum absolute atomic E-state index is 12.5. The number of aromatic amines is 1. The Hall–Kier alpha value is -1.43. The highest BCUT2D eigenvalue weighted by Crippen LogP contribution is 2.21. The number of carboxylic acid groups (broad SMARTS) is 1. The fourth-order valence-electron chi connectivity index (χ4n) is 1.29. The lowest BCUT2D eigenvalue weighted by Gasteiger charge is -2.07. The van der Waals surface area contributed by atoms with Gasteiger partial charge < -0.3 is 10.1 Å². The number of alkyl halides is 3. The maximum Gasteiger partial charge on any atom is 0.309 e. The summed E-state index contributed by atoms with van der Waals surface area (Å²) in [4.78, 5) is 23.7. The Balaban J connectivity index is 3.26. The first kappa shape index (κ1) is 12.6. The Bertz CT molecular complexity index is 459. The summed E-state index contributed by atoms with van der Waals surface area (Å²) >= 11 is 5.42. The zero-order valence-electron chi connectivity index (χ0n) is 7.97. The summed E-state index contributed by atoms with van der Waals surface area (Å²) in [6.07, 6.45) is -3.38. The molecule has 16 heavy (non-hydrogen) atoms. The summed E-state index contributed by atoms with van der Waals surface area (Å²) in [6, 6.07) is 1.17. The van der Waals surface area contributed by atoms with E-state index in [-0.39, 0.29) is 17.1 Å². The summed E-state index contributed by atoms with van der Waals surface area (Å²) in [5.74, 6) is -1.43. The molecule has 0 spiro atoms. The second kappa shape index (κ2) is 5.07. The Morgan fingerprint density at radius 2 is 2.19 bits per heavy atom. The number of aliphatic carboxylic acids is 1. The molecule has 1 aromatic heterocycles. The molecule has 0 aliphatic rings. The molecule has 0 fully saturated rings. The first-order valence-corrected chi connectivity index (χ1v) is 4.80. The third-order valence-electron chi connectivity index (χ3n) is 1.92. The minimum Gasteiger partial charge on any atom is -0.481 e. The Kier molecular flexibility index (Phi) is 4.00. The van der Waals surface area contributed by atoms with Crippen LogP contribution in [0.4, 0.5) is 8.78 Å². The van der Waals surface area contributed by atoms with Gasteiger partial charge in [0.2, 0.25) is 0 Å². The number of hydrogen-bond acceptors (Lipinski definition) is 2. The monoisotopic (exact) mass is 251 g/mol. The molecule has 4 nitrogen and oxygen atoms in total. The molecule has 0 radical (unpaired) electrons. The van der Waals surface area contributed by atoms with Crippen molar-refractivity contribution in [1.29, 1.82) is 0 Å². The highest BCUT2D eigenvalue weighted by Gasteiger charge is 2.18. The van der Waals surface area contributed by atoms with Gasteiger partial charge in [0.25, 0.3) is 12.0 Å². The molecular weight excluding hydrogens is 244 g/mol. The van der Waals surface area contributed by atoms with E-state index in [1.807, 2.05) is 0 Å². The van der Waals surface area contributed by atoms with Crippen LogP contribution in [0, 0.1) is 0 Å². The quantitative estimate of drug-likeness (QED) is 0.800. The van der Waals surface area contributed by atoms with Crippen molar-refractivity contribution in [2.45, 2.75) is 18.7 Å². The van der Waals surface area contributed by atoms with Crippen LogP contribution in [0.3, 0.4) is 0 Å². The van der Waals surface area contributed by atoms with Crippen LogP contribution in [0.25, 0.3) is 0 Å². The smallest absolute Gasteiger partial charge is 0.309 e. The lowest BCUT2D eigenvalue weighted by molar-refractivity contribution is -0.136. The van der Waals surface area contributed by atoms with Crippen LogP contribution in [-0.2, 0) is 17.1 Å². The topological polar surface area (TPSA) is 70.2 Å². The summed E-state index contributed by atoms with van der Waals surface area (Å²) < 4.78 is 24.9. The van der Waals surface area contributed by atoms with E-state index in [0.29, 0.717) is 0 Å². The third kappa shape index (κ3) is 2.79. The van der Waals surface area contributed by atoms with Gasteiger partial charge in [-0.15, -0.1) is 11.6 Å². The van der Waals surface area contributed by atoms with E-state index in [1.165, 1.54) is 6.07 Å². The van der Waals surface area contributed by atoms with E-state index >= 15 is 0 Å². The fraction of sp³-hybridized carbons (Fsp3) is 0.333. The van der Waals surface area contributed by atoms with Crippen molar-refractivity contribution < 1.29 is 18.7 Å². The molecule has 0 aliphatic carbocycles. The van der Waals surface area contributed by atoms with Gasteiger partial charge in [-0.3, -0.25) is 9.59 Å². The van der Waals surface area contributed by atoms with Crippen LogP contribution in [-0.4, -0.2) is 16.1 Å². The van der Waals surface area contributed by atoms with Crippen molar-refractivity contribution in [3.8, 4) is 0 Å². The van der Waals surface area contributed by atoms with Gasteiger partial charge >= 0.3 is 5.97 Å². The van der Waals surface area contributed by atoms with Gasteiger partial charge in [-0.2, -0.15) is 0 Å². The van der Waals surface area contributed by atoms with E-state index in [1.54, 1.807) is 0 Å². The zero-order valence-corrected chi connectivity index (χ0v) is 8.72. The second-order valence-electron chi connectivity index (χ2n) is 3.07. The van der Waals surface area contributed by atoms with E-state index < -0.39 is 29.9 Å². The maximum atomic E-state index is 12.5. The minimum absolute atomic E-state index is 0.0448. The lowest BCUT2D eigenvalue weighted by Crippen LogP contribution is -2.19. The highest BCUT2D eigenvalue weighted by atomic mass is 35.5. The molecule has 1 aromatic rings. The van der Waals surface area contributed by atoms with Gasteiger partial charge in [0.05, 0.1) is 12.0 Å². The minimum atomic E-state index is -2.93. The normalized spacial score (nSPS) is 10.8. The molecule has 1 rings (SSSR count). The van der Waals surface area contributed by atoms with Crippen LogP contribution in [0.2, 0.25) is 0 Å². The Morgan fingerprint density at radius 3 is 2.62 bits per heavy atom.